The summed E-state index contributed by atoms with van der Waals surface area (Å²) in [5.41, 5.74) is 8.03. The number of benzene rings is 2. The van der Waals surface area contributed by atoms with E-state index in [-0.39, 0.29) is 11.6 Å². The van der Waals surface area contributed by atoms with Gasteiger partial charge in [0.15, 0.2) is 0 Å². The van der Waals surface area contributed by atoms with Crippen LogP contribution in [0.25, 0.3) is 0 Å². The highest BCUT2D eigenvalue weighted by atomic mass is 35.5. The molecule has 0 aromatic heterocycles. The van der Waals surface area contributed by atoms with Crippen molar-refractivity contribution in [3.8, 4) is 0 Å². The first-order chi connectivity index (χ1) is 9.63. The molecule has 2 aromatic rings. The standard InChI is InChI=1S/C15H15ClN2O2/c1-20-9-10-5-2-3-8-13(10)18-15(19)11-6-4-7-12(16)14(11)17/h2-8H,9,17H2,1H3,(H,18,19). The average molecular weight is 291 g/mol. The topological polar surface area (TPSA) is 64.3 Å². The number of nitrogens with one attached hydrogen (secondary N) is 1. The molecule has 2 aromatic carbocycles. The van der Waals surface area contributed by atoms with Gasteiger partial charge in [-0.3, -0.25) is 4.79 Å². The van der Waals surface area contributed by atoms with E-state index in [4.69, 9.17) is 22.1 Å². The van der Waals surface area contributed by atoms with E-state index in [2.05, 4.69) is 5.32 Å². The fourth-order valence-corrected chi connectivity index (χ4v) is 2.02. The van der Waals surface area contributed by atoms with E-state index >= 15 is 0 Å². The number of halogens is 1. The SMILES string of the molecule is COCc1ccccc1NC(=O)c1cccc(Cl)c1N. The lowest BCUT2D eigenvalue weighted by Gasteiger charge is -2.12. The third-order valence-electron chi connectivity index (χ3n) is 2.86. The number of amides is 1. The zero-order valence-electron chi connectivity index (χ0n) is 11.0. The van der Waals surface area contributed by atoms with E-state index in [1.54, 1.807) is 25.3 Å². The fraction of sp³-hybridized carbons (Fsp3) is 0.133. The number of carbonyl (C=O) groups excluding carboxylic acids is 1. The lowest BCUT2D eigenvalue weighted by Crippen LogP contribution is -2.15. The molecule has 0 saturated heterocycles. The van der Waals surface area contributed by atoms with Crippen molar-refractivity contribution in [2.24, 2.45) is 0 Å². The number of ether oxygens (including phenoxy) is 1. The Hall–Kier alpha value is -2.04. The van der Waals surface area contributed by atoms with Crippen molar-refractivity contribution in [2.45, 2.75) is 6.61 Å². The minimum absolute atomic E-state index is 0.274. The van der Waals surface area contributed by atoms with E-state index in [1.807, 2.05) is 24.3 Å². The molecule has 4 nitrogen and oxygen atoms in total. The van der Waals surface area contributed by atoms with E-state index < -0.39 is 0 Å². The number of nitrogen functional groups attached to an aromatic ring is 1. The molecule has 0 aliphatic heterocycles. The highest BCUT2D eigenvalue weighted by molar-refractivity contribution is 6.34. The summed E-state index contributed by atoms with van der Waals surface area (Å²) in [5.74, 6) is -0.298. The number of rotatable bonds is 4. The van der Waals surface area contributed by atoms with Crippen molar-refractivity contribution in [2.75, 3.05) is 18.2 Å². The van der Waals surface area contributed by atoms with Gasteiger partial charge >= 0.3 is 0 Å². The Morgan fingerprint density at radius 2 is 2.00 bits per heavy atom. The van der Waals surface area contributed by atoms with Gasteiger partial charge in [-0.25, -0.2) is 0 Å². The van der Waals surface area contributed by atoms with Gasteiger partial charge in [0.25, 0.3) is 5.91 Å². The van der Waals surface area contributed by atoms with E-state index in [0.29, 0.717) is 22.9 Å². The average Bonchev–Trinajstić information content (AvgIpc) is 2.44. The van der Waals surface area contributed by atoms with Crippen molar-refractivity contribution in [1.82, 2.24) is 0 Å². The summed E-state index contributed by atoms with van der Waals surface area (Å²) in [6, 6.07) is 12.4. The Bertz CT molecular complexity index is 629. The monoisotopic (exact) mass is 290 g/mol. The Kier molecular flexibility index (Phi) is 4.61. The molecule has 0 saturated carbocycles. The maximum absolute atomic E-state index is 12.3. The molecule has 3 N–H and O–H groups in total. The summed E-state index contributed by atoms with van der Waals surface area (Å²) in [6.45, 7) is 0.418. The number of hydrogen-bond donors (Lipinski definition) is 2. The zero-order chi connectivity index (χ0) is 14.5. The van der Waals surface area contributed by atoms with Gasteiger partial charge in [0.05, 0.1) is 22.9 Å². The quantitative estimate of drug-likeness (QED) is 0.849. The number of methoxy groups -OCH3 is 1. The van der Waals surface area contributed by atoms with Gasteiger partial charge in [-0.05, 0) is 18.2 Å². The molecular formula is C15H15ClN2O2. The van der Waals surface area contributed by atoms with Crippen LogP contribution in [0.4, 0.5) is 11.4 Å². The second kappa shape index (κ2) is 6.41. The smallest absolute Gasteiger partial charge is 0.257 e. The maximum Gasteiger partial charge on any atom is 0.257 e. The van der Waals surface area contributed by atoms with Crippen molar-refractivity contribution in [1.29, 1.82) is 0 Å². The number of anilines is 2. The summed E-state index contributed by atoms with van der Waals surface area (Å²) in [4.78, 5) is 12.3. The molecular weight excluding hydrogens is 276 g/mol. The molecule has 2 rings (SSSR count). The molecule has 0 aliphatic rings. The van der Waals surface area contributed by atoms with Crippen LogP contribution in [-0.4, -0.2) is 13.0 Å². The predicted molar refractivity (Wildman–Crippen MR) is 81.0 cm³/mol. The fourth-order valence-electron chi connectivity index (χ4n) is 1.85. The van der Waals surface area contributed by atoms with Gasteiger partial charge < -0.3 is 15.8 Å². The molecule has 0 atom stereocenters. The van der Waals surface area contributed by atoms with Crippen LogP contribution in [0.15, 0.2) is 42.5 Å². The minimum Gasteiger partial charge on any atom is -0.397 e. The second-order valence-electron chi connectivity index (χ2n) is 4.25. The van der Waals surface area contributed by atoms with Crippen molar-refractivity contribution in [3.05, 3.63) is 58.6 Å². The Morgan fingerprint density at radius 3 is 2.75 bits per heavy atom. The van der Waals surface area contributed by atoms with E-state index in [9.17, 15) is 4.79 Å². The van der Waals surface area contributed by atoms with Crippen LogP contribution in [0.5, 0.6) is 0 Å². The molecule has 0 spiro atoms. The van der Waals surface area contributed by atoms with Crippen LogP contribution in [-0.2, 0) is 11.3 Å². The van der Waals surface area contributed by atoms with Crippen LogP contribution in [0, 0.1) is 0 Å². The molecule has 0 unspecified atom stereocenters. The summed E-state index contributed by atoms with van der Waals surface area (Å²) >= 11 is 5.92. The third kappa shape index (κ3) is 3.10. The number of para-hydroxylation sites is 2. The number of hydrogen-bond acceptors (Lipinski definition) is 3. The highest BCUT2D eigenvalue weighted by Crippen LogP contribution is 2.24. The van der Waals surface area contributed by atoms with Crippen LogP contribution in [0.3, 0.4) is 0 Å². The molecule has 0 aliphatic carbocycles. The first-order valence-electron chi connectivity index (χ1n) is 6.05. The van der Waals surface area contributed by atoms with Crippen molar-refractivity contribution >= 4 is 28.9 Å². The zero-order valence-corrected chi connectivity index (χ0v) is 11.8. The van der Waals surface area contributed by atoms with Crippen LogP contribution < -0.4 is 11.1 Å². The summed E-state index contributed by atoms with van der Waals surface area (Å²) in [7, 11) is 1.60. The van der Waals surface area contributed by atoms with Crippen molar-refractivity contribution < 1.29 is 9.53 Å². The van der Waals surface area contributed by atoms with Crippen LogP contribution in [0.1, 0.15) is 15.9 Å². The molecule has 0 heterocycles. The predicted octanol–water partition coefficient (Wildman–Crippen LogP) is 3.32. The third-order valence-corrected chi connectivity index (χ3v) is 3.19. The van der Waals surface area contributed by atoms with Gasteiger partial charge in [-0.2, -0.15) is 0 Å². The number of nitrogens with two attached hydrogens (primary N) is 1. The first kappa shape index (κ1) is 14.4. The van der Waals surface area contributed by atoms with Gasteiger partial charge in [-0.15, -0.1) is 0 Å². The highest BCUT2D eigenvalue weighted by Gasteiger charge is 2.13. The van der Waals surface area contributed by atoms with Gasteiger partial charge in [0, 0.05) is 18.4 Å². The Labute approximate surface area is 122 Å². The Balaban J connectivity index is 2.26. The van der Waals surface area contributed by atoms with Crippen LogP contribution >= 0.6 is 11.6 Å². The molecule has 1 amide bonds. The second-order valence-corrected chi connectivity index (χ2v) is 4.65. The normalized spacial score (nSPS) is 10.3. The molecule has 0 radical (unpaired) electrons. The van der Waals surface area contributed by atoms with Crippen LogP contribution in [0.2, 0.25) is 5.02 Å². The van der Waals surface area contributed by atoms with Gasteiger partial charge in [0.2, 0.25) is 0 Å². The van der Waals surface area contributed by atoms with Gasteiger partial charge in [-0.1, -0.05) is 35.9 Å². The van der Waals surface area contributed by atoms with E-state index in [1.165, 1.54) is 0 Å². The van der Waals surface area contributed by atoms with E-state index in [0.717, 1.165) is 5.56 Å². The molecule has 0 fully saturated rings. The number of carbonyl (C=O) groups is 1. The Morgan fingerprint density at radius 1 is 1.25 bits per heavy atom. The minimum atomic E-state index is -0.298. The summed E-state index contributed by atoms with van der Waals surface area (Å²) in [5, 5.41) is 3.19. The molecule has 104 valence electrons. The molecule has 5 heteroatoms. The summed E-state index contributed by atoms with van der Waals surface area (Å²) < 4.78 is 5.10. The maximum atomic E-state index is 12.3. The summed E-state index contributed by atoms with van der Waals surface area (Å²) in [6.07, 6.45) is 0. The lowest BCUT2D eigenvalue weighted by atomic mass is 10.1. The van der Waals surface area contributed by atoms with Gasteiger partial charge in [0.1, 0.15) is 0 Å². The lowest BCUT2D eigenvalue weighted by molar-refractivity contribution is 0.102. The largest absolute Gasteiger partial charge is 0.397 e. The van der Waals surface area contributed by atoms with Crippen molar-refractivity contribution in [3.63, 3.8) is 0 Å². The molecule has 0 bridgehead atoms. The molecule has 20 heavy (non-hydrogen) atoms. The first-order valence-corrected chi connectivity index (χ1v) is 6.43.